The first kappa shape index (κ1) is 15.3. The lowest BCUT2D eigenvalue weighted by Crippen LogP contribution is -2.32. The Morgan fingerprint density at radius 1 is 1.05 bits per heavy atom. The fourth-order valence-corrected chi connectivity index (χ4v) is 2.41. The van der Waals surface area contributed by atoms with E-state index in [9.17, 15) is 4.39 Å². The number of benzene rings is 2. The van der Waals surface area contributed by atoms with Crippen LogP contribution in [0.3, 0.4) is 0 Å². The number of halogens is 3. The smallest absolute Gasteiger partial charge is 0.141 e. The van der Waals surface area contributed by atoms with Crippen LogP contribution >= 0.6 is 23.2 Å². The Bertz CT molecular complexity index is 545. The molecule has 0 aliphatic rings. The van der Waals surface area contributed by atoms with E-state index in [0.717, 1.165) is 12.0 Å². The van der Waals surface area contributed by atoms with Crippen molar-refractivity contribution < 1.29 is 4.39 Å². The van der Waals surface area contributed by atoms with Crippen molar-refractivity contribution in [2.24, 2.45) is 0 Å². The summed E-state index contributed by atoms with van der Waals surface area (Å²) in [4.78, 5) is 0. The molecule has 0 aliphatic heterocycles. The van der Waals surface area contributed by atoms with Crippen LogP contribution in [0.15, 0.2) is 48.5 Å². The summed E-state index contributed by atoms with van der Waals surface area (Å²) in [5.74, 6) is 0.123. The van der Waals surface area contributed by atoms with Crippen molar-refractivity contribution in [1.82, 2.24) is 5.32 Å². The minimum absolute atomic E-state index is 0.148. The number of hydrogen-bond donors (Lipinski definition) is 1. The molecule has 0 heterocycles. The van der Waals surface area contributed by atoms with E-state index in [1.807, 2.05) is 18.2 Å². The van der Waals surface area contributed by atoms with E-state index in [4.69, 9.17) is 23.2 Å². The zero-order valence-corrected chi connectivity index (χ0v) is 12.5. The number of rotatable bonds is 6. The molecule has 0 spiro atoms. The highest BCUT2D eigenvalue weighted by molar-refractivity contribution is 6.30. The molecule has 0 aliphatic carbocycles. The van der Waals surface area contributed by atoms with Gasteiger partial charge in [-0.3, -0.25) is 0 Å². The van der Waals surface area contributed by atoms with Crippen LogP contribution in [0.2, 0.25) is 5.02 Å². The highest BCUT2D eigenvalue weighted by atomic mass is 35.5. The lowest BCUT2D eigenvalue weighted by Gasteiger charge is -2.16. The predicted molar refractivity (Wildman–Crippen MR) is 82.9 cm³/mol. The fraction of sp³-hybridized carbons (Fsp3) is 0.250. The van der Waals surface area contributed by atoms with Crippen LogP contribution in [0, 0.1) is 5.82 Å². The van der Waals surface area contributed by atoms with E-state index in [1.165, 1.54) is 11.6 Å². The minimum Gasteiger partial charge on any atom is -0.308 e. The molecule has 0 fully saturated rings. The van der Waals surface area contributed by atoms with Gasteiger partial charge in [-0.1, -0.05) is 48.0 Å². The van der Waals surface area contributed by atoms with Gasteiger partial charge in [0, 0.05) is 18.5 Å². The van der Waals surface area contributed by atoms with Gasteiger partial charge >= 0.3 is 0 Å². The van der Waals surface area contributed by atoms with Crippen molar-refractivity contribution in [3.63, 3.8) is 0 Å². The molecule has 20 heavy (non-hydrogen) atoms. The van der Waals surface area contributed by atoms with Crippen LogP contribution in [0.5, 0.6) is 0 Å². The summed E-state index contributed by atoms with van der Waals surface area (Å²) < 4.78 is 13.1. The second kappa shape index (κ2) is 7.63. The third-order valence-electron chi connectivity index (χ3n) is 3.09. The molecular formula is C16H16Cl2FN. The largest absolute Gasteiger partial charge is 0.308 e. The zero-order valence-electron chi connectivity index (χ0n) is 11.0. The molecule has 1 nitrogen and oxygen atoms in total. The molecule has 1 unspecified atom stereocenters. The zero-order chi connectivity index (χ0) is 14.4. The van der Waals surface area contributed by atoms with Crippen molar-refractivity contribution in [1.29, 1.82) is 0 Å². The van der Waals surface area contributed by atoms with E-state index in [-0.39, 0.29) is 11.1 Å². The van der Waals surface area contributed by atoms with Crippen LogP contribution in [0.4, 0.5) is 4.39 Å². The maximum atomic E-state index is 13.1. The topological polar surface area (TPSA) is 12.0 Å². The maximum absolute atomic E-state index is 13.1. The summed E-state index contributed by atoms with van der Waals surface area (Å²) in [6, 6.07) is 15.1. The van der Waals surface area contributed by atoms with Gasteiger partial charge in [-0.15, -0.1) is 11.6 Å². The van der Waals surface area contributed by atoms with E-state index in [2.05, 4.69) is 17.4 Å². The minimum atomic E-state index is -0.395. The van der Waals surface area contributed by atoms with Gasteiger partial charge < -0.3 is 5.32 Å². The van der Waals surface area contributed by atoms with Crippen LogP contribution in [-0.2, 0) is 13.0 Å². The summed E-state index contributed by atoms with van der Waals surface area (Å²) in [6.45, 7) is 0.615. The maximum Gasteiger partial charge on any atom is 0.141 e. The van der Waals surface area contributed by atoms with Crippen molar-refractivity contribution >= 4 is 23.2 Å². The van der Waals surface area contributed by atoms with E-state index < -0.39 is 5.82 Å². The molecule has 0 radical (unpaired) electrons. The van der Waals surface area contributed by atoms with Gasteiger partial charge in [-0.05, 0) is 29.7 Å². The molecule has 2 aromatic carbocycles. The summed E-state index contributed by atoms with van der Waals surface area (Å²) in [5, 5.41) is 3.52. The molecule has 0 bridgehead atoms. The van der Waals surface area contributed by atoms with Crippen LogP contribution in [0.25, 0.3) is 0 Å². The van der Waals surface area contributed by atoms with E-state index in [0.29, 0.717) is 12.4 Å². The molecular weight excluding hydrogens is 296 g/mol. The molecule has 0 aromatic heterocycles. The summed E-state index contributed by atoms with van der Waals surface area (Å²) in [5.41, 5.74) is 2.18. The first-order valence-corrected chi connectivity index (χ1v) is 7.37. The summed E-state index contributed by atoms with van der Waals surface area (Å²) in [7, 11) is 0. The van der Waals surface area contributed by atoms with Gasteiger partial charge in [0.25, 0.3) is 0 Å². The average molecular weight is 312 g/mol. The monoisotopic (exact) mass is 311 g/mol. The Labute approximate surface area is 128 Å². The third-order valence-corrected chi connectivity index (χ3v) is 3.75. The standard InChI is InChI=1S/C16H16Cl2FN/c17-10-14(8-12-4-2-1-3-5-12)20-11-13-6-7-16(19)15(18)9-13/h1-7,9,14,20H,8,10-11H2. The second-order valence-electron chi connectivity index (χ2n) is 4.67. The molecule has 0 saturated heterocycles. The van der Waals surface area contributed by atoms with Gasteiger partial charge in [0.15, 0.2) is 0 Å². The van der Waals surface area contributed by atoms with Gasteiger partial charge in [0.05, 0.1) is 5.02 Å². The van der Waals surface area contributed by atoms with Crippen molar-refractivity contribution in [2.45, 2.75) is 19.0 Å². The van der Waals surface area contributed by atoms with Crippen molar-refractivity contribution in [3.05, 3.63) is 70.5 Å². The van der Waals surface area contributed by atoms with Crippen LogP contribution < -0.4 is 5.32 Å². The molecule has 1 N–H and O–H groups in total. The summed E-state index contributed by atoms with van der Waals surface area (Å²) >= 11 is 11.8. The lowest BCUT2D eigenvalue weighted by atomic mass is 10.1. The second-order valence-corrected chi connectivity index (χ2v) is 5.39. The number of nitrogens with one attached hydrogen (secondary N) is 1. The highest BCUT2D eigenvalue weighted by Crippen LogP contribution is 2.16. The van der Waals surface area contributed by atoms with Gasteiger partial charge in [-0.2, -0.15) is 0 Å². The molecule has 2 rings (SSSR count). The molecule has 0 amide bonds. The molecule has 1 atom stereocenters. The van der Waals surface area contributed by atoms with Gasteiger partial charge in [0.1, 0.15) is 5.82 Å². The Kier molecular flexibility index (Phi) is 5.84. The molecule has 4 heteroatoms. The van der Waals surface area contributed by atoms with E-state index in [1.54, 1.807) is 12.1 Å². The number of alkyl halides is 1. The SMILES string of the molecule is Fc1ccc(CNC(CCl)Cc2ccccc2)cc1Cl. The lowest BCUT2D eigenvalue weighted by molar-refractivity contribution is 0.549. The van der Waals surface area contributed by atoms with Crippen molar-refractivity contribution in [3.8, 4) is 0 Å². The number of hydrogen-bond acceptors (Lipinski definition) is 1. The Morgan fingerprint density at radius 3 is 2.45 bits per heavy atom. The average Bonchev–Trinajstić information content (AvgIpc) is 2.48. The Hall–Kier alpha value is -1.09. The first-order chi connectivity index (χ1) is 9.69. The molecule has 0 saturated carbocycles. The Morgan fingerprint density at radius 2 is 1.80 bits per heavy atom. The van der Waals surface area contributed by atoms with E-state index >= 15 is 0 Å². The molecule has 2 aromatic rings. The van der Waals surface area contributed by atoms with Gasteiger partial charge in [-0.25, -0.2) is 4.39 Å². The predicted octanol–water partition coefficient (Wildman–Crippen LogP) is 4.42. The first-order valence-electron chi connectivity index (χ1n) is 6.46. The fourth-order valence-electron chi connectivity index (χ4n) is 1.99. The Balaban J connectivity index is 1.92. The van der Waals surface area contributed by atoms with Crippen LogP contribution in [-0.4, -0.2) is 11.9 Å². The van der Waals surface area contributed by atoms with Crippen LogP contribution in [0.1, 0.15) is 11.1 Å². The highest BCUT2D eigenvalue weighted by Gasteiger charge is 2.08. The quantitative estimate of drug-likeness (QED) is 0.779. The van der Waals surface area contributed by atoms with Crippen molar-refractivity contribution in [2.75, 3.05) is 5.88 Å². The normalized spacial score (nSPS) is 12.3. The van der Waals surface area contributed by atoms with Gasteiger partial charge in [0.2, 0.25) is 0 Å². The molecule has 106 valence electrons. The third kappa shape index (κ3) is 4.48. The summed E-state index contributed by atoms with van der Waals surface area (Å²) in [6.07, 6.45) is 0.860.